The number of methoxy groups -OCH3 is 3. The molecule has 17 heteroatoms. The summed E-state index contributed by atoms with van der Waals surface area (Å²) in [6.07, 6.45) is -15.6. The SMILES string of the molecule is COc1cc(OC2OC(CO)C(O)C(O)C2O)c2c(c1)[OH+]C(c1cc(OC)c(O)c(OC)c1)C(OC1OC(CO)C(O)C(O)C1O)=C2. The van der Waals surface area contributed by atoms with E-state index in [-0.39, 0.29) is 45.8 Å². The average molecular weight is 672 g/mol. The van der Waals surface area contributed by atoms with E-state index >= 15 is 0 Å². The fourth-order valence-electron chi connectivity index (χ4n) is 5.48. The molecule has 260 valence electrons. The van der Waals surface area contributed by atoms with Gasteiger partial charge in [-0.25, -0.2) is 0 Å². The Labute approximate surface area is 267 Å². The van der Waals surface area contributed by atoms with Crippen LogP contribution in [0.25, 0.3) is 6.08 Å². The first-order valence-corrected chi connectivity index (χ1v) is 14.5. The van der Waals surface area contributed by atoms with E-state index in [9.17, 15) is 46.0 Å². The third-order valence-electron chi connectivity index (χ3n) is 8.16. The lowest BCUT2D eigenvalue weighted by Gasteiger charge is -2.41. The zero-order valence-electron chi connectivity index (χ0n) is 25.5. The van der Waals surface area contributed by atoms with Crippen LogP contribution in [0.1, 0.15) is 17.2 Å². The molecule has 3 aliphatic rings. The molecule has 0 aromatic heterocycles. The largest absolute Gasteiger partial charge is 0.571 e. The van der Waals surface area contributed by atoms with Crippen molar-refractivity contribution in [1.29, 1.82) is 0 Å². The van der Waals surface area contributed by atoms with Gasteiger partial charge in [0.2, 0.25) is 18.3 Å². The number of fused-ring (bicyclic) bond motifs is 1. The van der Waals surface area contributed by atoms with Crippen molar-refractivity contribution in [3.05, 3.63) is 41.2 Å². The molecule has 3 aliphatic heterocycles. The Bertz CT molecular complexity index is 1400. The molecular formula is C30H39O17+. The monoisotopic (exact) mass is 671 g/mol. The van der Waals surface area contributed by atoms with Gasteiger partial charge in [-0.2, -0.15) is 0 Å². The molecule has 2 aromatic rings. The number of aliphatic hydroxyl groups is 9. The highest BCUT2D eigenvalue weighted by Crippen LogP contribution is 2.49. The van der Waals surface area contributed by atoms with Crippen molar-refractivity contribution in [1.82, 2.24) is 0 Å². The van der Waals surface area contributed by atoms with Crippen LogP contribution in [0.5, 0.6) is 34.5 Å². The third kappa shape index (κ3) is 6.59. The fraction of sp³-hybridized carbons (Fsp3) is 0.533. The van der Waals surface area contributed by atoms with Crippen molar-refractivity contribution < 1.29 is 83.9 Å². The second kappa shape index (κ2) is 14.2. The van der Waals surface area contributed by atoms with Crippen molar-refractivity contribution in [3.63, 3.8) is 0 Å². The number of phenols is 1. The highest BCUT2D eigenvalue weighted by molar-refractivity contribution is 5.70. The van der Waals surface area contributed by atoms with Crippen LogP contribution in [0.15, 0.2) is 30.0 Å². The third-order valence-corrected chi connectivity index (χ3v) is 8.16. The van der Waals surface area contributed by atoms with Crippen LogP contribution < -0.4 is 18.9 Å². The predicted octanol–water partition coefficient (Wildman–Crippen LogP) is -2.25. The number of rotatable bonds is 10. The van der Waals surface area contributed by atoms with Gasteiger partial charge in [0.1, 0.15) is 65.9 Å². The highest BCUT2D eigenvalue weighted by atomic mass is 16.7. The van der Waals surface area contributed by atoms with Crippen molar-refractivity contribution >= 4 is 6.08 Å². The molecule has 2 saturated heterocycles. The maximum absolute atomic E-state index is 10.7. The molecule has 0 bridgehead atoms. The zero-order chi connectivity index (χ0) is 34.2. The lowest BCUT2D eigenvalue weighted by atomic mass is 9.98. The van der Waals surface area contributed by atoms with Gasteiger partial charge in [0.15, 0.2) is 17.3 Å². The molecule has 11 unspecified atom stereocenters. The first-order chi connectivity index (χ1) is 22.4. The maximum Gasteiger partial charge on any atom is 0.270 e. The standard InChI is InChI=1S/C30H38O17/c1-40-12-6-14-13(15(7-12)44-29-26(38)24(36)22(34)19(9-31)46-29)8-18(45-30-27(39)25(37)23(35)20(10-32)47-30)28(43-14)11-4-16(41-2)21(33)17(5-11)42-3/h4-8,19-20,22-39H,9-10H2,1-3H3/p+1. The summed E-state index contributed by atoms with van der Waals surface area (Å²) in [5.74, 6) is 0.239. The number of aromatic hydroxyl groups is 2. The summed E-state index contributed by atoms with van der Waals surface area (Å²) in [7, 11) is 4.06. The molecule has 0 saturated carbocycles. The summed E-state index contributed by atoms with van der Waals surface area (Å²) in [4.78, 5) is 0. The minimum Gasteiger partial charge on any atom is -0.571 e. The molecule has 2 fully saturated rings. The Morgan fingerprint density at radius 2 is 1.19 bits per heavy atom. The lowest BCUT2D eigenvalue weighted by Crippen LogP contribution is -2.60. The molecule has 3 heterocycles. The summed E-state index contributed by atoms with van der Waals surface area (Å²) < 4.78 is 44.0. The first-order valence-electron chi connectivity index (χ1n) is 14.5. The summed E-state index contributed by atoms with van der Waals surface area (Å²) in [5.41, 5.74) is 0.577. The lowest BCUT2D eigenvalue weighted by molar-refractivity contribution is -0.295. The predicted molar refractivity (Wildman–Crippen MR) is 156 cm³/mol. The average Bonchev–Trinajstić information content (AvgIpc) is 3.08. The Kier molecular flexibility index (Phi) is 10.5. The van der Waals surface area contributed by atoms with Gasteiger partial charge in [-0.3, -0.25) is 0 Å². The maximum atomic E-state index is 10.7. The summed E-state index contributed by atoms with van der Waals surface area (Å²) in [6.45, 7) is -1.39. The van der Waals surface area contributed by atoms with E-state index < -0.39 is 80.7 Å². The van der Waals surface area contributed by atoms with Crippen LogP contribution in [0.4, 0.5) is 0 Å². The highest BCUT2D eigenvalue weighted by Gasteiger charge is 2.48. The molecule has 47 heavy (non-hydrogen) atoms. The van der Waals surface area contributed by atoms with E-state index in [0.29, 0.717) is 5.56 Å². The molecule has 0 amide bonds. The molecule has 11 atom stereocenters. The van der Waals surface area contributed by atoms with Crippen LogP contribution in [-0.4, -0.2) is 147 Å². The first kappa shape index (κ1) is 34.7. The van der Waals surface area contributed by atoms with E-state index in [4.69, 9.17) is 37.9 Å². The number of hydrogen-bond donors (Lipinski definition) is 9. The van der Waals surface area contributed by atoms with Crippen LogP contribution in [0.2, 0.25) is 0 Å². The minimum absolute atomic E-state index is 0.0124. The zero-order valence-corrected chi connectivity index (χ0v) is 25.5. The molecule has 17 nitrogen and oxygen atoms in total. The summed E-state index contributed by atoms with van der Waals surface area (Å²) >= 11 is 0. The molecular weight excluding hydrogens is 632 g/mol. The fourth-order valence-corrected chi connectivity index (χ4v) is 5.48. The van der Waals surface area contributed by atoms with Crippen molar-refractivity contribution in [3.8, 4) is 34.5 Å². The normalized spacial score (nSPS) is 33.6. The van der Waals surface area contributed by atoms with Crippen LogP contribution in [0, 0.1) is 0 Å². The van der Waals surface area contributed by atoms with Gasteiger partial charge in [0.25, 0.3) is 11.9 Å². The van der Waals surface area contributed by atoms with Crippen molar-refractivity contribution in [2.75, 3.05) is 34.5 Å². The molecule has 0 spiro atoms. The van der Waals surface area contributed by atoms with Gasteiger partial charge < -0.3 is 83.9 Å². The number of benzene rings is 2. The molecule has 0 radical (unpaired) electrons. The summed E-state index contributed by atoms with van der Waals surface area (Å²) in [5, 5.41) is 92.4. The Morgan fingerprint density at radius 3 is 1.68 bits per heavy atom. The van der Waals surface area contributed by atoms with Gasteiger partial charge >= 0.3 is 0 Å². The Balaban J connectivity index is 1.61. The van der Waals surface area contributed by atoms with E-state index in [1.165, 1.54) is 45.6 Å². The quantitative estimate of drug-likeness (QED) is 0.121. The number of hydrogen-bond acceptors (Lipinski definition) is 16. The van der Waals surface area contributed by atoms with Gasteiger partial charge in [-0.15, -0.1) is 0 Å². The number of ether oxygens (including phenoxy) is 8. The van der Waals surface area contributed by atoms with E-state index in [1.807, 2.05) is 0 Å². The Hall–Kier alpha value is -3.62. The van der Waals surface area contributed by atoms with E-state index in [0.717, 1.165) is 0 Å². The topological polar surface area (TPSA) is 259 Å². The van der Waals surface area contributed by atoms with Crippen molar-refractivity contribution in [2.24, 2.45) is 0 Å². The van der Waals surface area contributed by atoms with Crippen LogP contribution in [-0.2, 0) is 14.2 Å². The van der Waals surface area contributed by atoms with Gasteiger partial charge in [0.05, 0.1) is 46.2 Å². The molecule has 10 N–H and O–H groups in total. The van der Waals surface area contributed by atoms with Gasteiger partial charge in [0, 0.05) is 12.1 Å². The number of aliphatic hydroxyl groups excluding tert-OH is 8. The number of phenolic OH excluding ortho intramolecular Hbond substituents is 1. The van der Waals surface area contributed by atoms with E-state index in [2.05, 4.69) is 0 Å². The molecule has 2 aromatic carbocycles. The second-order valence-corrected chi connectivity index (χ2v) is 11.0. The van der Waals surface area contributed by atoms with E-state index in [1.54, 1.807) is 6.07 Å². The molecule has 0 aliphatic carbocycles. The summed E-state index contributed by atoms with van der Waals surface area (Å²) in [6, 6.07) is 5.91. The molecule has 5 rings (SSSR count). The van der Waals surface area contributed by atoms with Crippen LogP contribution in [0.3, 0.4) is 0 Å². The smallest absolute Gasteiger partial charge is 0.270 e. The van der Waals surface area contributed by atoms with Gasteiger partial charge in [-0.1, -0.05) is 0 Å². The minimum atomic E-state index is -1.78. The van der Waals surface area contributed by atoms with Crippen molar-refractivity contribution in [2.45, 2.75) is 67.5 Å². The second-order valence-electron chi connectivity index (χ2n) is 11.0. The van der Waals surface area contributed by atoms with Crippen LogP contribution >= 0.6 is 0 Å². The Morgan fingerprint density at radius 1 is 0.660 bits per heavy atom. The van der Waals surface area contributed by atoms with Gasteiger partial charge in [-0.05, 0) is 12.1 Å².